The molecular formula is C7H14NO. The molecule has 1 rings (SSSR count). The molecule has 1 unspecified atom stereocenters. The van der Waals surface area contributed by atoms with Gasteiger partial charge in [0.25, 0.3) is 0 Å². The highest BCUT2D eigenvalue weighted by atomic mass is 16.5. The predicted octanol–water partition coefficient (Wildman–Crippen LogP) is 0.995. The van der Waals surface area contributed by atoms with Crippen molar-refractivity contribution in [3.63, 3.8) is 0 Å². The lowest BCUT2D eigenvalue weighted by molar-refractivity contribution is 0.0401. The monoisotopic (exact) mass is 128 g/mol. The molecule has 0 aromatic rings. The minimum absolute atomic E-state index is 0.625. The third-order valence-electron chi connectivity index (χ3n) is 1.62. The Kier molecular flexibility index (Phi) is 3.01. The predicted molar refractivity (Wildman–Crippen MR) is 36.2 cm³/mol. The second-order valence-electron chi connectivity index (χ2n) is 2.56. The number of nitrogens with zero attached hydrogens (tertiary/aromatic N) is 1. The van der Waals surface area contributed by atoms with Crippen molar-refractivity contribution in [2.75, 3.05) is 19.9 Å². The van der Waals surface area contributed by atoms with E-state index in [0.29, 0.717) is 12.6 Å². The van der Waals surface area contributed by atoms with Crippen LogP contribution in [0.2, 0.25) is 0 Å². The summed E-state index contributed by atoms with van der Waals surface area (Å²) in [4.78, 5) is 0. The van der Waals surface area contributed by atoms with Crippen LogP contribution in [0, 0.1) is 5.92 Å². The van der Waals surface area contributed by atoms with E-state index in [4.69, 9.17) is 4.74 Å². The average molecular weight is 128 g/mol. The molecule has 53 valence electrons. The number of ether oxygens (including phenoxy) is 1. The number of rotatable bonds is 2. The molecule has 1 atom stereocenters. The summed E-state index contributed by atoms with van der Waals surface area (Å²) in [6.07, 6.45) is 2.52. The fraction of sp³-hybridized carbons (Fsp3) is 1.00. The first kappa shape index (κ1) is 7.03. The van der Waals surface area contributed by atoms with Gasteiger partial charge in [0.1, 0.15) is 6.73 Å². The first-order valence-electron chi connectivity index (χ1n) is 3.64. The third-order valence-corrected chi connectivity index (χ3v) is 1.62. The van der Waals surface area contributed by atoms with Gasteiger partial charge in [-0.05, 0) is 12.3 Å². The van der Waals surface area contributed by atoms with Gasteiger partial charge < -0.3 is 4.74 Å². The van der Waals surface area contributed by atoms with Gasteiger partial charge in [0, 0.05) is 6.54 Å². The highest BCUT2D eigenvalue weighted by Crippen LogP contribution is 2.08. The van der Waals surface area contributed by atoms with E-state index in [9.17, 15) is 0 Å². The summed E-state index contributed by atoms with van der Waals surface area (Å²) in [5.41, 5.74) is 0. The smallest absolute Gasteiger partial charge is 0.112 e. The fourth-order valence-electron chi connectivity index (χ4n) is 1.15. The molecule has 1 heterocycles. The Morgan fingerprint density at radius 1 is 1.67 bits per heavy atom. The summed E-state index contributed by atoms with van der Waals surface area (Å²) >= 11 is 0. The van der Waals surface area contributed by atoms with Crippen molar-refractivity contribution in [2.45, 2.75) is 19.8 Å². The van der Waals surface area contributed by atoms with Gasteiger partial charge in [-0.2, -0.15) is 0 Å². The number of hydrogen-bond acceptors (Lipinski definition) is 1. The zero-order chi connectivity index (χ0) is 6.53. The minimum atomic E-state index is 0.625. The Balaban J connectivity index is 2.08. The van der Waals surface area contributed by atoms with Gasteiger partial charge in [0.05, 0.1) is 6.61 Å². The molecule has 0 aromatic carbocycles. The van der Waals surface area contributed by atoms with Gasteiger partial charge in [0.15, 0.2) is 0 Å². The van der Waals surface area contributed by atoms with E-state index in [0.717, 1.165) is 13.2 Å². The molecule has 1 saturated heterocycles. The lowest BCUT2D eigenvalue weighted by Gasteiger charge is -2.20. The van der Waals surface area contributed by atoms with E-state index in [1.807, 2.05) is 0 Å². The molecule has 0 spiro atoms. The Bertz CT molecular complexity index is 66.6. The van der Waals surface area contributed by atoms with Crippen LogP contribution in [0.4, 0.5) is 0 Å². The van der Waals surface area contributed by atoms with Crippen LogP contribution in [-0.4, -0.2) is 19.9 Å². The molecule has 1 aliphatic rings. The molecule has 2 nitrogen and oxygen atoms in total. The Morgan fingerprint density at radius 3 is 3.11 bits per heavy atom. The van der Waals surface area contributed by atoms with Crippen molar-refractivity contribution in [2.24, 2.45) is 5.92 Å². The summed E-state index contributed by atoms with van der Waals surface area (Å²) < 4.78 is 5.17. The molecule has 2 heteroatoms. The van der Waals surface area contributed by atoms with Crippen LogP contribution in [0.25, 0.3) is 0 Å². The first-order valence-corrected chi connectivity index (χ1v) is 3.64. The van der Waals surface area contributed by atoms with Gasteiger partial charge in [-0.25, -0.2) is 5.32 Å². The third kappa shape index (κ3) is 2.33. The standard InChI is InChI=1S/C7H14NO/c1-2-3-7-4-8-6-9-5-7/h7H,2-6H2,1H3. The van der Waals surface area contributed by atoms with Crippen molar-refractivity contribution in [3.8, 4) is 0 Å². The van der Waals surface area contributed by atoms with Crippen LogP contribution < -0.4 is 5.32 Å². The molecule has 0 amide bonds. The van der Waals surface area contributed by atoms with Crippen LogP contribution in [0.1, 0.15) is 19.8 Å². The zero-order valence-corrected chi connectivity index (χ0v) is 5.97. The number of hydrogen-bond donors (Lipinski definition) is 0. The van der Waals surface area contributed by atoms with Crippen LogP contribution in [0.5, 0.6) is 0 Å². The second kappa shape index (κ2) is 3.85. The highest BCUT2D eigenvalue weighted by Gasteiger charge is 2.11. The molecule has 0 aliphatic carbocycles. The quantitative estimate of drug-likeness (QED) is 0.544. The summed E-state index contributed by atoms with van der Waals surface area (Å²) in [5.74, 6) is 0.712. The lowest BCUT2D eigenvalue weighted by atomic mass is 10.0. The Morgan fingerprint density at radius 2 is 2.56 bits per heavy atom. The van der Waals surface area contributed by atoms with Crippen molar-refractivity contribution < 1.29 is 4.74 Å². The normalized spacial score (nSPS) is 28.3. The maximum Gasteiger partial charge on any atom is 0.112 e. The van der Waals surface area contributed by atoms with Crippen LogP contribution in [-0.2, 0) is 4.74 Å². The SMILES string of the molecule is CCCC1C[N]COC1. The molecule has 1 aliphatic heterocycles. The highest BCUT2D eigenvalue weighted by molar-refractivity contribution is 4.62. The summed E-state index contributed by atoms with van der Waals surface area (Å²) in [7, 11) is 0. The largest absolute Gasteiger partial charge is 0.364 e. The summed E-state index contributed by atoms with van der Waals surface area (Å²) in [5, 5.41) is 4.15. The topological polar surface area (TPSA) is 23.3 Å². The van der Waals surface area contributed by atoms with Crippen LogP contribution >= 0.6 is 0 Å². The van der Waals surface area contributed by atoms with E-state index in [-0.39, 0.29) is 0 Å². The van der Waals surface area contributed by atoms with Crippen molar-refractivity contribution in [1.82, 2.24) is 5.32 Å². The molecule has 0 N–H and O–H groups in total. The molecule has 9 heavy (non-hydrogen) atoms. The van der Waals surface area contributed by atoms with Gasteiger partial charge >= 0.3 is 0 Å². The molecule has 0 aromatic heterocycles. The Hall–Kier alpha value is -0.0800. The average Bonchev–Trinajstić information content (AvgIpc) is 1.91. The molecule has 0 bridgehead atoms. The molecule has 0 saturated carbocycles. The van der Waals surface area contributed by atoms with Gasteiger partial charge in [-0.1, -0.05) is 13.3 Å². The van der Waals surface area contributed by atoms with Gasteiger partial charge in [-0.3, -0.25) is 0 Å². The van der Waals surface area contributed by atoms with Crippen LogP contribution in [0.15, 0.2) is 0 Å². The van der Waals surface area contributed by atoms with E-state index >= 15 is 0 Å². The molecular weight excluding hydrogens is 114 g/mol. The molecule has 1 radical (unpaired) electrons. The van der Waals surface area contributed by atoms with Crippen molar-refractivity contribution in [3.05, 3.63) is 0 Å². The van der Waals surface area contributed by atoms with E-state index in [2.05, 4.69) is 12.2 Å². The second-order valence-corrected chi connectivity index (χ2v) is 2.56. The molecule has 1 fully saturated rings. The van der Waals surface area contributed by atoms with E-state index in [1.165, 1.54) is 12.8 Å². The van der Waals surface area contributed by atoms with Crippen molar-refractivity contribution in [1.29, 1.82) is 0 Å². The van der Waals surface area contributed by atoms with Gasteiger partial charge in [-0.15, -0.1) is 0 Å². The van der Waals surface area contributed by atoms with E-state index < -0.39 is 0 Å². The van der Waals surface area contributed by atoms with Crippen LogP contribution in [0.3, 0.4) is 0 Å². The maximum absolute atomic E-state index is 5.17. The summed E-state index contributed by atoms with van der Waals surface area (Å²) in [6, 6.07) is 0. The zero-order valence-electron chi connectivity index (χ0n) is 5.97. The summed E-state index contributed by atoms with van der Waals surface area (Å²) in [6.45, 7) is 4.78. The van der Waals surface area contributed by atoms with E-state index in [1.54, 1.807) is 0 Å². The first-order chi connectivity index (χ1) is 4.43. The fourth-order valence-corrected chi connectivity index (χ4v) is 1.15. The lowest BCUT2D eigenvalue weighted by Crippen LogP contribution is -2.29. The maximum atomic E-state index is 5.17. The Labute approximate surface area is 56.6 Å². The minimum Gasteiger partial charge on any atom is -0.364 e. The van der Waals surface area contributed by atoms with Crippen molar-refractivity contribution >= 4 is 0 Å². The van der Waals surface area contributed by atoms with Gasteiger partial charge in [0.2, 0.25) is 0 Å².